The first-order valence-electron chi connectivity index (χ1n) is 11.3. The number of anilines is 1. The number of benzene rings is 4. The smallest absolute Gasteiger partial charge is 0.257 e. The van der Waals surface area contributed by atoms with E-state index in [1.54, 1.807) is 47.1 Å². The van der Waals surface area contributed by atoms with Crippen LogP contribution in [0, 0.1) is 0 Å². The number of carbonyl (C=O) groups is 2. The van der Waals surface area contributed by atoms with Gasteiger partial charge < -0.3 is 11.1 Å². The van der Waals surface area contributed by atoms with Crippen molar-refractivity contribution in [3.05, 3.63) is 94.1 Å². The monoisotopic (exact) mass is 566 g/mol. The molecule has 38 heavy (non-hydrogen) atoms. The minimum absolute atomic E-state index is 0.0832. The van der Waals surface area contributed by atoms with Crippen molar-refractivity contribution in [1.29, 1.82) is 0 Å². The molecule has 0 aliphatic heterocycles. The number of carbonyl (C=O) groups excluding carboxylic acids is 2. The van der Waals surface area contributed by atoms with Crippen molar-refractivity contribution in [2.24, 2.45) is 5.73 Å². The lowest BCUT2D eigenvalue weighted by molar-refractivity contribution is -0.117. The number of rotatable bonds is 6. The fourth-order valence-electron chi connectivity index (χ4n) is 4.26. The Morgan fingerprint density at radius 2 is 1.68 bits per heavy atom. The van der Waals surface area contributed by atoms with Gasteiger partial charge in [0.25, 0.3) is 5.91 Å². The molecule has 1 aromatic heterocycles. The second-order valence-corrected chi connectivity index (χ2v) is 11.5. The van der Waals surface area contributed by atoms with Crippen molar-refractivity contribution in [3.63, 3.8) is 0 Å². The van der Waals surface area contributed by atoms with Crippen LogP contribution in [0.3, 0.4) is 0 Å². The molecule has 0 aliphatic rings. The second-order valence-electron chi connectivity index (χ2n) is 8.72. The Bertz CT molecular complexity index is 1870. The molecule has 192 valence electrons. The van der Waals surface area contributed by atoms with Crippen molar-refractivity contribution in [2.75, 3.05) is 11.6 Å². The first-order chi connectivity index (χ1) is 18.0. The molecule has 0 unspecified atom stereocenters. The van der Waals surface area contributed by atoms with Gasteiger partial charge in [-0.2, -0.15) is 5.10 Å². The number of hydrogen-bond donors (Lipinski definition) is 2. The molecule has 8 nitrogen and oxygen atoms in total. The molecule has 0 aliphatic carbocycles. The second kappa shape index (κ2) is 9.75. The molecule has 3 N–H and O–H groups in total. The molecular formula is C27H20Cl2N4O4S. The molecule has 0 fully saturated rings. The zero-order valence-corrected chi connectivity index (χ0v) is 22.2. The highest BCUT2D eigenvalue weighted by atomic mass is 35.5. The molecule has 11 heteroatoms. The van der Waals surface area contributed by atoms with E-state index in [9.17, 15) is 18.0 Å². The zero-order chi connectivity index (χ0) is 27.2. The predicted molar refractivity (Wildman–Crippen MR) is 149 cm³/mol. The lowest BCUT2D eigenvalue weighted by Crippen LogP contribution is -2.14. The zero-order valence-electron chi connectivity index (χ0n) is 19.9. The van der Waals surface area contributed by atoms with Gasteiger partial charge in [0.15, 0.2) is 9.84 Å². The van der Waals surface area contributed by atoms with Crippen LogP contribution in [0.25, 0.3) is 27.4 Å². The number of primary amides is 1. The minimum atomic E-state index is -3.38. The molecule has 0 bridgehead atoms. The van der Waals surface area contributed by atoms with E-state index in [1.807, 2.05) is 18.2 Å². The van der Waals surface area contributed by atoms with Crippen LogP contribution < -0.4 is 11.1 Å². The highest BCUT2D eigenvalue weighted by Gasteiger charge is 2.18. The van der Waals surface area contributed by atoms with Gasteiger partial charge in [0.05, 0.1) is 43.8 Å². The largest absolute Gasteiger partial charge is 0.369 e. The Kier molecular flexibility index (Phi) is 6.60. The molecule has 0 saturated heterocycles. The van der Waals surface area contributed by atoms with Crippen LogP contribution in [0.5, 0.6) is 0 Å². The summed E-state index contributed by atoms with van der Waals surface area (Å²) < 4.78 is 25.5. The van der Waals surface area contributed by atoms with E-state index in [0.717, 1.165) is 17.0 Å². The number of nitrogens with zero attached hydrogens (tertiary/aromatic N) is 2. The quantitative estimate of drug-likeness (QED) is 0.293. The van der Waals surface area contributed by atoms with Gasteiger partial charge in [-0.15, -0.1) is 0 Å². The molecule has 4 aromatic carbocycles. The topological polar surface area (TPSA) is 124 Å². The van der Waals surface area contributed by atoms with Crippen LogP contribution in [-0.4, -0.2) is 36.3 Å². The van der Waals surface area contributed by atoms with Crippen LogP contribution in [0.4, 0.5) is 5.69 Å². The van der Waals surface area contributed by atoms with Crippen LogP contribution in [0.1, 0.15) is 16.1 Å². The fourth-order valence-corrected chi connectivity index (χ4v) is 5.28. The summed E-state index contributed by atoms with van der Waals surface area (Å²) in [6.45, 7) is 0. The third-order valence-electron chi connectivity index (χ3n) is 6.04. The van der Waals surface area contributed by atoms with E-state index in [4.69, 9.17) is 28.9 Å². The maximum absolute atomic E-state index is 12.9. The van der Waals surface area contributed by atoms with Gasteiger partial charge in [-0.1, -0.05) is 47.5 Å². The molecule has 0 spiro atoms. The molecule has 0 saturated carbocycles. The summed E-state index contributed by atoms with van der Waals surface area (Å²) in [5, 5.41) is 10.2. The molecule has 0 radical (unpaired) electrons. The Balaban J connectivity index is 1.67. The van der Waals surface area contributed by atoms with Gasteiger partial charge in [0, 0.05) is 22.7 Å². The minimum Gasteiger partial charge on any atom is -0.369 e. The lowest BCUT2D eigenvalue weighted by atomic mass is 10.0. The molecule has 5 aromatic rings. The first kappa shape index (κ1) is 25.7. The van der Waals surface area contributed by atoms with Gasteiger partial charge in [0.1, 0.15) is 0 Å². The molecular weight excluding hydrogens is 547 g/mol. The number of sulfone groups is 1. The summed E-state index contributed by atoms with van der Waals surface area (Å²) in [4.78, 5) is 24.9. The van der Waals surface area contributed by atoms with Crippen molar-refractivity contribution >= 4 is 72.2 Å². The molecule has 5 rings (SSSR count). The summed E-state index contributed by atoms with van der Waals surface area (Å²) in [5.41, 5.74) is 7.95. The SMILES string of the molecule is CS(=O)(=O)c1ccc(-n2nc(CC(N)=O)c3ccc4ccc(NC(=O)c5cccc(Cl)c5Cl)cc4c32)cc1. The van der Waals surface area contributed by atoms with Crippen LogP contribution >= 0.6 is 23.2 Å². The van der Waals surface area contributed by atoms with E-state index in [0.29, 0.717) is 28.0 Å². The van der Waals surface area contributed by atoms with Gasteiger partial charge in [-0.3, -0.25) is 9.59 Å². The fraction of sp³-hybridized carbons (Fsp3) is 0.0741. The molecule has 0 atom stereocenters. The Morgan fingerprint density at radius 1 is 0.974 bits per heavy atom. The normalized spacial score (nSPS) is 11.7. The van der Waals surface area contributed by atoms with Crippen molar-refractivity contribution in [3.8, 4) is 5.69 Å². The van der Waals surface area contributed by atoms with E-state index in [-0.39, 0.29) is 26.9 Å². The van der Waals surface area contributed by atoms with Crippen LogP contribution in [-0.2, 0) is 21.1 Å². The average molecular weight is 567 g/mol. The van der Waals surface area contributed by atoms with Crippen molar-refractivity contribution in [2.45, 2.75) is 11.3 Å². The number of hydrogen-bond acceptors (Lipinski definition) is 5. The lowest BCUT2D eigenvalue weighted by Gasteiger charge is -2.11. The third kappa shape index (κ3) is 4.83. The number of fused-ring (bicyclic) bond motifs is 3. The van der Waals surface area contributed by atoms with Crippen LogP contribution in [0.15, 0.2) is 77.7 Å². The van der Waals surface area contributed by atoms with Gasteiger partial charge in [-0.05, 0) is 53.9 Å². The maximum atomic E-state index is 12.9. The average Bonchev–Trinajstić information content (AvgIpc) is 3.23. The van der Waals surface area contributed by atoms with Crippen LogP contribution in [0.2, 0.25) is 10.0 Å². The number of aromatic nitrogens is 2. The first-order valence-corrected chi connectivity index (χ1v) is 14.0. The maximum Gasteiger partial charge on any atom is 0.257 e. The number of nitrogens with one attached hydrogen (secondary N) is 1. The van der Waals surface area contributed by atoms with Crippen molar-refractivity contribution in [1.82, 2.24) is 9.78 Å². The highest BCUT2D eigenvalue weighted by Crippen LogP contribution is 2.33. The van der Waals surface area contributed by atoms with E-state index in [1.165, 1.54) is 12.1 Å². The predicted octanol–water partition coefficient (Wildman–Crippen LogP) is 5.17. The standard InChI is InChI=1S/C27H20Cl2N4O4S/c1-38(36,37)18-10-8-17(9-11-18)33-26-19(23(32-33)14-24(30)34)12-6-15-5-7-16(13-21(15)26)31-27(35)20-3-2-4-22(28)25(20)29/h2-13H,14H2,1H3,(H2,30,34)(H,31,35). The summed E-state index contributed by atoms with van der Waals surface area (Å²) in [7, 11) is -3.38. The molecule has 2 amide bonds. The summed E-state index contributed by atoms with van der Waals surface area (Å²) in [5.74, 6) is -0.966. The van der Waals surface area contributed by atoms with Gasteiger partial charge in [-0.25, -0.2) is 13.1 Å². The van der Waals surface area contributed by atoms with Gasteiger partial charge in [0.2, 0.25) is 5.91 Å². The van der Waals surface area contributed by atoms with Gasteiger partial charge >= 0.3 is 0 Å². The Labute approximate surface area is 227 Å². The highest BCUT2D eigenvalue weighted by molar-refractivity contribution is 7.90. The number of halogens is 2. The summed E-state index contributed by atoms with van der Waals surface area (Å²) >= 11 is 12.3. The van der Waals surface area contributed by atoms with E-state index in [2.05, 4.69) is 10.4 Å². The molecule has 1 heterocycles. The summed E-state index contributed by atoms with van der Waals surface area (Å²) in [6.07, 6.45) is 1.05. The Hall–Kier alpha value is -3.92. The van der Waals surface area contributed by atoms with Crippen molar-refractivity contribution < 1.29 is 18.0 Å². The number of nitrogens with two attached hydrogens (primary N) is 1. The van der Waals surface area contributed by atoms with E-state index < -0.39 is 21.7 Å². The number of amides is 2. The third-order valence-corrected chi connectivity index (χ3v) is 7.99. The summed E-state index contributed by atoms with van der Waals surface area (Å²) in [6, 6.07) is 20.2. The van der Waals surface area contributed by atoms with E-state index >= 15 is 0 Å². The Morgan fingerprint density at radius 3 is 2.37 bits per heavy atom.